The van der Waals surface area contributed by atoms with E-state index in [9.17, 15) is 8.76 Å². The molecule has 0 saturated heterocycles. The van der Waals surface area contributed by atoms with Gasteiger partial charge in [0.15, 0.2) is 0 Å². The first-order valence-electron chi connectivity index (χ1n) is 5.37. The van der Waals surface area contributed by atoms with Gasteiger partial charge in [-0.05, 0) is 47.0 Å². The quantitative estimate of drug-likeness (QED) is 0.549. The minimum atomic E-state index is -2.11. The Hall–Kier alpha value is 0.966. The maximum atomic E-state index is 11.2. The van der Waals surface area contributed by atoms with Crippen LogP contribution < -0.4 is 51.4 Å². The van der Waals surface area contributed by atoms with Gasteiger partial charge in [0, 0.05) is 4.90 Å². The van der Waals surface area contributed by atoms with Crippen molar-refractivity contribution in [1.82, 2.24) is 0 Å². The summed E-state index contributed by atoms with van der Waals surface area (Å²) in [5, 5.41) is 0. The molecule has 0 amide bonds. The van der Waals surface area contributed by atoms with Crippen LogP contribution in [-0.2, 0) is 30.3 Å². The van der Waals surface area contributed by atoms with Crippen molar-refractivity contribution in [2.75, 3.05) is 0 Å². The number of rotatable bonds is 4. The van der Waals surface area contributed by atoms with E-state index >= 15 is 0 Å². The van der Waals surface area contributed by atoms with Gasteiger partial charge < -0.3 is 4.55 Å². The summed E-state index contributed by atoms with van der Waals surface area (Å²) in [6, 6.07) is 4.01. The minimum absolute atomic E-state index is 0. The third-order valence-corrected chi connectivity index (χ3v) is 3.50. The van der Waals surface area contributed by atoms with Crippen LogP contribution in [0.1, 0.15) is 37.5 Å². The maximum Gasteiger partial charge on any atom is 1.00 e. The van der Waals surface area contributed by atoms with Crippen molar-refractivity contribution >= 4 is 11.1 Å². The third-order valence-electron chi connectivity index (χ3n) is 2.64. The van der Waals surface area contributed by atoms with Crippen LogP contribution in [0.15, 0.2) is 17.0 Å². The van der Waals surface area contributed by atoms with E-state index in [-0.39, 0.29) is 51.4 Å². The Labute approximate surface area is 143 Å². The summed E-state index contributed by atoms with van der Waals surface area (Å²) in [6.45, 7) is 6.07. The first kappa shape index (κ1) is 17.0. The van der Waals surface area contributed by atoms with Gasteiger partial charge in [0.05, 0.1) is 0 Å². The molecule has 2 nitrogen and oxygen atoms in total. The topological polar surface area (TPSA) is 40.1 Å². The molecule has 0 spiro atoms. The summed E-state index contributed by atoms with van der Waals surface area (Å²) < 4.78 is 22.3. The number of aryl methyl sites for hydroxylation is 3. The molecule has 4 heteroatoms. The third kappa shape index (κ3) is 4.01. The molecule has 84 valence electrons. The number of hydrogen-bond acceptors (Lipinski definition) is 2. The van der Waals surface area contributed by atoms with Gasteiger partial charge in [-0.15, -0.1) is 0 Å². The predicted molar refractivity (Wildman–Crippen MR) is 61.8 cm³/mol. The van der Waals surface area contributed by atoms with E-state index in [0.717, 1.165) is 30.4 Å². The molecule has 0 aliphatic carbocycles. The zero-order chi connectivity index (χ0) is 11.4. The van der Waals surface area contributed by atoms with Crippen LogP contribution in [0, 0.1) is 0 Å². The Morgan fingerprint density at radius 3 is 1.75 bits per heavy atom. The van der Waals surface area contributed by atoms with E-state index in [4.69, 9.17) is 0 Å². The average molecular weight is 264 g/mol. The van der Waals surface area contributed by atoms with E-state index in [1.165, 1.54) is 5.56 Å². The summed E-state index contributed by atoms with van der Waals surface area (Å²) in [4.78, 5) is 0.511. The molecule has 0 N–H and O–H groups in total. The fraction of sp³-hybridized carbons (Fsp3) is 0.500. The van der Waals surface area contributed by atoms with Crippen LogP contribution in [0.3, 0.4) is 0 Å². The fourth-order valence-electron chi connectivity index (χ4n) is 1.77. The molecule has 0 aliphatic rings. The van der Waals surface area contributed by atoms with E-state index in [1.807, 2.05) is 26.0 Å². The zero-order valence-corrected chi connectivity index (χ0v) is 14.4. The van der Waals surface area contributed by atoms with E-state index in [2.05, 4.69) is 6.92 Å². The van der Waals surface area contributed by atoms with E-state index in [0.29, 0.717) is 4.90 Å². The van der Waals surface area contributed by atoms with Crippen molar-refractivity contribution < 1.29 is 60.1 Å². The fourth-order valence-corrected chi connectivity index (χ4v) is 2.60. The average Bonchev–Trinajstić information content (AvgIpc) is 2.26. The van der Waals surface area contributed by atoms with Crippen molar-refractivity contribution in [2.24, 2.45) is 0 Å². The summed E-state index contributed by atoms with van der Waals surface area (Å²) in [5.74, 6) is 0. The van der Waals surface area contributed by atoms with Crippen LogP contribution >= 0.6 is 0 Å². The first-order chi connectivity index (χ1) is 7.13. The van der Waals surface area contributed by atoms with Gasteiger partial charge >= 0.3 is 51.4 Å². The van der Waals surface area contributed by atoms with E-state index < -0.39 is 11.1 Å². The van der Waals surface area contributed by atoms with Gasteiger partial charge in [-0.25, -0.2) is 0 Å². The Morgan fingerprint density at radius 2 is 1.50 bits per heavy atom. The largest absolute Gasteiger partial charge is 1.00 e. The van der Waals surface area contributed by atoms with Crippen LogP contribution in [0.5, 0.6) is 0 Å². The van der Waals surface area contributed by atoms with Crippen LogP contribution in [0.4, 0.5) is 0 Å². The molecule has 0 aliphatic heterocycles. The Morgan fingerprint density at radius 1 is 1.06 bits per heavy atom. The van der Waals surface area contributed by atoms with Crippen LogP contribution in [0.2, 0.25) is 0 Å². The molecule has 0 heterocycles. The Balaban J connectivity index is 0.00000225. The molecule has 1 unspecified atom stereocenters. The molecule has 1 aromatic rings. The van der Waals surface area contributed by atoms with E-state index in [1.54, 1.807) is 0 Å². The standard InChI is InChI=1S/C12H18O2S.K/c1-4-9-7-10(5-2)12(15(13)14)11(6-3)8-9;/h7-8H,4-6H2,1-3H3,(H,13,14);/q;+1/p-1. The molecule has 16 heavy (non-hydrogen) atoms. The van der Waals surface area contributed by atoms with Gasteiger partial charge in [0.1, 0.15) is 0 Å². The molecule has 0 fully saturated rings. The molecule has 0 radical (unpaired) electrons. The summed E-state index contributed by atoms with van der Waals surface area (Å²) >= 11 is -2.11. The molecule has 1 aromatic carbocycles. The SMILES string of the molecule is CCc1cc(CC)c(S(=O)[O-])c(CC)c1.[K+]. The number of benzene rings is 1. The molecule has 0 saturated carbocycles. The van der Waals surface area contributed by atoms with Crippen molar-refractivity contribution in [3.8, 4) is 0 Å². The van der Waals surface area contributed by atoms with Crippen molar-refractivity contribution in [2.45, 2.75) is 44.9 Å². The van der Waals surface area contributed by atoms with Gasteiger partial charge in [-0.1, -0.05) is 32.9 Å². The van der Waals surface area contributed by atoms with Gasteiger partial charge in [0.25, 0.3) is 0 Å². The first-order valence-corrected chi connectivity index (χ1v) is 6.45. The second-order valence-electron chi connectivity index (χ2n) is 3.54. The zero-order valence-electron chi connectivity index (χ0n) is 10.5. The Bertz CT molecular complexity index is 352. The molecule has 1 rings (SSSR count). The van der Waals surface area contributed by atoms with Crippen LogP contribution in [0.25, 0.3) is 0 Å². The Kier molecular flexibility index (Phi) is 8.63. The van der Waals surface area contributed by atoms with Gasteiger partial charge in [-0.2, -0.15) is 0 Å². The second kappa shape index (κ2) is 8.14. The molecule has 0 aromatic heterocycles. The maximum absolute atomic E-state index is 11.2. The van der Waals surface area contributed by atoms with Gasteiger partial charge in [-0.3, -0.25) is 4.21 Å². The predicted octanol–water partition coefficient (Wildman–Crippen LogP) is -0.384. The molecular weight excluding hydrogens is 247 g/mol. The molecule has 1 atom stereocenters. The normalized spacial score (nSPS) is 12.0. The van der Waals surface area contributed by atoms with Crippen molar-refractivity contribution in [1.29, 1.82) is 0 Å². The monoisotopic (exact) mass is 264 g/mol. The van der Waals surface area contributed by atoms with Crippen molar-refractivity contribution in [3.63, 3.8) is 0 Å². The minimum Gasteiger partial charge on any atom is -0.768 e. The summed E-state index contributed by atoms with van der Waals surface area (Å²) in [5.41, 5.74) is 3.11. The van der Waals surface area contributed by atoms with Crippen LogP contribution in [-0.4, -0.2) is 8.76 Å². The number of hydrogen-bond donors (Lipinski definition) is 0. The second-order valence-corrected chi connectivity index (χ2v) is 4.42. The molecular formula is C12H17KO2S. The van der Waals surface area contributed by atoms with Crippen molar-refractivity contribution in [3.05, 3.63) is 28.8 Å². The summed E-state index contributed by atoms with van der Waals surface area (Å²) in [6.07, 6.45) is 2.49. The van der Waals surface area contributed by atoms with Gasteiger partial charge in [0.2, 0.25) is 0 Å². The summed E-state index contributed by atoms with van der Waals surface area (Å²) in [7, 11) is 0. The smallest absolute Gasteiger partial charge is 0.768 e. The molecule has 0 bridgehead atoms.